The minimum atomic E-state index is -0.837. The number of methoxy groups -OCH3 is 2. The lowest BCUT2D eigenvalue weighted by Crippen LogP contribution is -2.31. The van der Waals surface area contributed by atoms with Crippen molar-refractivity contribution in [1.82, 2.24) is 4.90 Å². The maximum atomic E-state index is 13.0. The van der Waals surface area contributed by atoms with Crippen molar-refractivity contribution in [1.29, 1.82) is 0 Å². The fourth-order valence-corrected chi connectivity index (χ4v) is 3.70. The Morgan fingerprint density at radius 1 is 1.12 bits per heavy atom. The zero-order chi connectivity index (χ0) is 23.4. The summed E-state index contributed by atoms with van der Waals surface area (Å²) in [6.45, 7) is 6.37. The number of hydrogen-bond acceptors (Lipinski definition) is 7. The molecule has 0 bridgehead atoms. The Morgan fingerprint density at radius 3 is 2.44 bits per heavy atom. The van der Waals surface area contributed by atoms with Gasteiger partial charge in [-0.05, 0) is 57.5 Å². The maximum absolute atomic E-state index is 13.0. The summed E-state index contributed by atoms with van der Waals surface area (Å²) in [5, 5.41) is 11.1. The van der Waals surface area contributed by atoms with E-state index >= 15 is 0 Å². The molecule has 1 aliphatic rings. The molecule has 8 nitrogen and oxygen atoms in total. The second-order valence-electron chi connectivity index (χ2n) is 7.78. The number of hydrogen-bond donors (Lipinski definition) is 1. The summed E-state index contributed by atoms with van der Waals surface area (Å²) in [5.41, 5.74) is 0.304. The highest BCUT2D eigenvalue weighted by Crippen LogP contribution is 2.41. The van der Waals surface area contributed by atoms with Crippen molar-refractivity contribution in [3.05, 3.63) is 53.0 Å². The average molecular weight is 443 g/mol. The highest BCUT2D eigenvalue weighted by molar-refractivity contribution is 6.46. The predicted molar refractivity (Wildman–Crippen MR) is 118 cm³/mol. The van der Waals surface area contributed by atoms with Crippen molar-refractivity contribution in [2.24, 2.45) is 0 Å². The molecular weight excluding hydrogens is 414 g/mol. The zero-order valence-corrected chi connectivity index (χ0v) is 19.0. The van der Waals surface area contributed by atoms with E-state index in [1.54, 1.807) is 37.3 Å². The molecule has 172 valence electrons. The number of aliphatic hydroxyl groups excluding tert-OH is 1. The van der Waals surface area contributed by atoms with Crippen LogP contribution in [0.15, 0.2) is 40.3 Å². The first-order valence-electron chi connectivity index (χ1n) is 10.5. The number of rotatable bonds is 9. The predicted octanol–water partition coefficient (Wildman–Crippen LogP) is 3.84. The molecule has 1 unspecified atom stereocenters. The number of benzene rings is 1. The fraction of sp³-hybridized carbons (Fsp3) is 0.417. The van der Waals surface area contributed by atoms with Crippen molar-refractivity contribution in [3.8, 4) is 11.5 Å². The van der Waals surface area contributed by atoms with Crippen LogP contribution in [0.4, 0.5) is 0 Å². The van der Waals surface area contributed by atoms with E-state index in [1.165, 1.54) is 19.1 Å². The normalized spacial score (nSPS) is 17.9. The molecule has 1 N–H and O–H groups in total. The first kappa shape index (κ1) is 23.4. The maximum Gasteiger partial charge on any atom is 0.295 e. The van der Waals surface area contributed by atoms with Gasteiger partial charge in [-0.15, -0.1) is 0 Å². The van der Waals surface area contributed by atoms with E-state index in [4.69, 9.17) is 18.6 Å². The van der Waals surface area contributed by atoms with Gasteiger partial charge in [0.05, 0.1) is 25.9 Å². The molecule has 1 saturated heterocycles. The average Bonchev–Trinajstić information content (AvgIpc) is 3.31. The number of nitrogens with zero attached hydrogens (tertiary/aromatic N) is 1. The Bertz CT molecular complexity index is 1020. The van der Waals surface area contributed by atoms with E-state index in [-0.39, 0.29) is 24.0 Å². The summed E-state index contributed by atoms with van der Waals surface area (Å²) < 4.78 is 21.9. The van der Waals surface area contributed by atoms with Gasteiger partial charge >= 0.3 is 0 Å². The third-order valence-electron chi connectivity index (χ3n) is 5.22. The molecule has 1 atom stereocenters. The lowest BCUT2D eigenvalue weighted by Gasteiger charge is -2.23. The van der Waals surface area contributed by atoms with Crippen LogP contribution in [0.5, 0.6) is 11.5 Å². The summed E-state index contributed by atoms with van der Waals surface area (Å²) in [5.74, 6) is 0.171. The van der Waals surface area contributed by atoms with Crippen LogP contribution in [0.3, 0.4) is 0 Å². The third kappa shape index (κ3) is 4.65. The lowest BCUT2D eigenvalue weighted by atomic mass is 9.99. The lowest BCUT2D eigenvalue weighted by molar-refractivity contribution is -0.140. The Kier molecular flexibility index (Phi) is 7.25. The van der Waals surface area contributed by atoms with Crippen LogP contribution >= 0.6 is 0 Å². The van der Waals surface area contributed by atoms with Crippen LogP contribution in [0.25, 0.3) is 5.76 Å². The number of carbonyl (C=O) groups excluding carboxylic acids is 2. The van der Waals surface area contributed by atoms with Crippen LogP contribution in [-0.2, 0) is 14.3 Å². The minimum absolute atomic E-state index is 0.0265. The van der Waals surface area contributed by atoms with Gasteiger partial charge in [-0.3, -0.25) is 9.59 Å². The van der Waals surface area contributed by atoms with Crippen molar-refractivity contribution >= 4 is 17.4 Å². The highest BCUT2D eigenvalue weighted by Gasteiger charge is 2.47. The molecular formula is C24H29NO7. The highest BCUT2D eigenvalue weighted by atomic mass is 16.5. The van der Waals surface area contributed by atoms with E-state index in [9.17, 15) is 14.7 Å². The Morgan fingerprint density at radius 2 is 1.84 bits per heavy atom. The number of furan rings is 1. The number of Topliss-reactive ketones (excluding diaryl/α,β-unsaturated/α-hetero) is 1. The fourth-order valence-electron chi connectivity index (χ4n) is 3.70. The molecule has 8 heteroatoms. The molecule has 1 aromatic heterocycles. The molecule has 32 heavy (non-hydrogen) atoms. The Balaban J connectivity index is 2.04. The smallest absolute Gasteiger partial charge is 0.295 e. The Hall–Kier alpha value is -3.26. The largest absolute Gasteiger partial charge is 0.507 e. The molecule has 3 rings (SSSR count). The van der Waals surface area contributed by atoms with Gasteiger partial charge in [0.15, 0.2) is 11.5 Å². The van der Waals surface area contributed by atoms with Crippen molar-refractivity contribution in [2.75, 3.05) is 27.4 Å². The van der Waals surface area contributed by atoms with E-state index < -0.39 is 17.7 Å². The van der Waals surface area contributed by atoms with E-state index in [0.717, 1.165) is 0 Å². The second kappa shape index (κ2) is 9.91. The van der Waals surface area contributed by atoms with Crippen LogP contribution < -0.4 is 9.47 Å². The molecule has 1 aromatic carbocycles. The van der Waals surface area contributed by atoms with Crippen molar-refractivity contribution in [2.45, 2.75) is 39.3 Å². The van der Waals surface area contributed by atoms with Gasteiger partial charge in [-0.1, -0.05) is 0 Å². The van der Waals surface area contributed by atoms with E-state index in [0.29, 0.717) is 41.6 Å². The number of aryl methyl sites for hydroxylation is 1. The number of amides is 1. The number of likely N-dealkylation sites (tertiary alicyclic amines) is 1. The van der Waals surface area contributed by atoms with E-state index in [1.807, 2.05) is 13.8 Å². The zero-order valence-electron chi connectivity index (χ0n) is 19.0. The minimum Gasteiger partial charge on any atom is -0.507 e. The van der Waals surface area contributed by atoms with Crippen LogP contribution in [0.2, 0.25) is 0 Å². The molecule has 2 aromatic rings. The first-order valence-corrected chi connectivity index (χ1v) is 10.5. The van der Waals surface area contributed by atoms with Gasteiger partial charge in [0.1, 0.15) is 23.3 Å². The third-order valence-corrected chi connectivity index (χ3v) is 5.22. The van der Waals surface area contributed by atoms with Gasteiger partial charge in [0, 0.05) is 18.7 Å². The summed E-state index contributed by atoms with van der Waals surface area (Å²) in [4.78, 5) is 27.3. The molecule has 0 aliphatic carbocycles. The van der Waals surface area contributed by atoms with Crippen LogP contribution in [-0.4, -0.2) is 55.2 Å². The monoisotopic (exact) mass is 443 g/mol. The number of ketones is 1. The van der Waals surface area contributed by atoms with Crippen LogP contribution in [0.1, 0.15) is 43.4 Å². The molecule has 0 spiro atoms. The summed E-state index contributed by atoms with van der Waals surface area (Å²) >= 11 is 0. The van der Waals surface area contributed by atoms with Gasteiger partial charge in [0.2, 0.25) is 0 Å². The Labute approximate surface area is 187 Å². The number of ether oxygens (including phenoxy) is 3. The van der Waals surface area contributed by atoms with E-state index in [2.05, 4.69) is 0 Å². The molecule has 2 heterocycles. The van der Waals surface area contributed by atoms with Gasteiger partial charge in [-0.2, -0.15) is 0 Å². The van der Waals surface area contributed by atoms with Crippen molar-refractivity contribution < 1.29 is 33.3 Å². The molecule has 0 saturated carbocycles. The van der Waals surface area contributed by atoms with Gasteiger partial charge in [-0.25, -0.2) is 0 Å². The molecule has 1 amide bonds. The van der Waals surface area contributed by atoms with Crippen molar-refractivity contribution in [3.63, 3.8) is 0 Å². The summed E-state index contributed by atoms with van der Waals surface area (Å²) in [6.07, 6.45) is 0.608. The van der Waals surface area contributed by atoms with Gasteiger partial charge < -0.3 is 28.6 Å². The topological polar surface area (TPSA) is 98.4 Å². The quantitative estimate of drug-likeness (QED) is 0.272. The molecule has 0 radical (unpaired) electrons. The number of aliphatic hydroxyl groups is 1. The van der Waals surface area contributed by atoms with Crippen LogP contribution in [0, 0.1) is 6.92 Å². The SMILES string of the molecule is COc1ccc(/C(O)=C2/C(=O)C(=O)N(CCCOC(C)C)C2c2ccc(C)o2)cc1OC. The second-order valence-corrected chi connectivity index (χ2v) is 7.78. The summed E-state index contributed by atoms with van der Waals surface area (Å²) in [6, 6.07) is 7.42. The molecule has 1 aliphatic heterocycles. The first-order chi connectivity index (χ1) is 15.3. The number of carbonyl (C=O) groups is 2. The van der Waals surface area contributed by atoms with Gasteiger partial charge in [0.25, 0.3) is 11.7 Å². The molecule has 1 fully saturated rings. The summed E-state index contributed by atoms with van der Waals surface area (Å²) in [7, 11) is 2.98. The standard InChI is InChI=1S/C24H29NO7/c1-14(2)31-12-6-11-25-21(18-9-7-15(3)32-18)20(23(27)24(25)28)22(26)16-8-10-17(29-4)19(13-16)30-5/h7-10,13-14,21,26H,6,11-12H2,1-5H3/b22-20-.